The van der Waals surface area contributed by atoms with E-state index in [0.29, 0.717) is 5.75 Å². The van der Waals surface area contributed by atoms with Crippen LogP contribution in [0.1, 0.15) is 36.2 Å². The molecule has 0 saturated carbocycles. The molecule has 0 spiro atoms. The predicted molar refractivity (Wildman–Crippen MR) is 122 cm³/mol. The molecule has 31 heavy (non-hydrogen) atoms. The van der Waals surface area contributed by atoms with Crippen LogP contribution in [0.15, 0.2) is 42.5 Å². The fourth-order valence-corrected chi connectivity index (χ4v) is 5.14. The summed E-state index contributed by atoms with van der Waals surface area (Å²) < 4.78 is 13.7. The minimum absolute atomic E-state index is 0.0961. The SMILES string of the molecule is Cc1cccc(-n2nc3c(c2NC(=O)COc2cccc4c2OC(C)(C)C4)CSC3)c1. The van der Waals surface area contributed by atoms with Crippen LogP contribution in [-0.4, -0.2) is 27.9 Å². The quantitative estimate of drug-likeness (QED) is 0.632. The van der Waals surface area contributed by atoms with E-state index in [0.717, 1.165) is 57.6 Å². The summed E-state index contributed by atoms with van der Waals surface area (Å²) in [6, 6.07) is 13.9. The fraction of sp³-hybridized carbons (Fsp3) is 0.333. The highest BCUT2D eigenvalue weighted by molar-refractivity contribution is 7.98. The average molecular weight is 436 g/mol. The van der Waals surface area contributed by atoms with Gasteiger partial charge in [0.05, 0.1) is 11.4 Å². The van der Waals surface area contributed by atoms with Crippen LogP contribution in [0.2, 0.25) is 0 Å². The third kappa shape index (κ3) is 3.90. The van der Waals surface area contributed by atoms with Crippen LogP contribution in [0.5, 0.6) is 11.5 Å². The molecule has 3 heterocycles. The summed E-state index contributed by atoms with van der Waals surface area (Å²) in [5.74, 6) is 3.55. The lowest BCUT2D eigenvalue weighted by Gasteiger charge is -2.18. The minimum atomic E-state index is -0.261. The van der Waals surface area contributed by atoms with Crippen molar-refractivity contribution < 1.29 is 14.3 Å². The van der Waals surface area contributed by atoms with Crippen LogP contribution < -0.4 is 14.8 Å². The maximum absolute atomic E-state index is 12.8. The molecule has 2 aliphatic heterocycles. The Kier molecular flexibility index (Phi) is 4.93. The van der Waals surface area contributed by atoms with Crippen LogP contribution in [0, 0.1) is 6.92 Å². The Balaban J connectivity index is 1.35. The first-order valence-electron chi connectivity index (χ1n) is 10.4. The zero-order valence-corrected chi connectivity index (χ0v) is 18.7. The Morgan fingerprint density at radius 1 is 1.26 bits per heavy atom. The molecule has 2 aliphatic rings. The Hall–Kier alpha value is -2.93. The van der Waals surface area contributed by atoms with Crippen molar-refractivity contribution in [2.75, 3.05) is 11.9 Å². The first kappa shape index (κ1) is 20.0. The van der Waals surface area contributed by atoms with Crippen LogP contribution in [-0.2, 0) is 22.7 Å². The highest BCUT2D eigenvalue weighted by atomic mass is 32.2. The van der Waals surface area contributed by atoms with Crippen molar-refractivity contribution in [3.63, 3.8) is 0 Å². The van der Waals surface area contributed by atoms with E-state index in [9.17, 15) is 4.79 Å². The van der Waals surface area contributed by atoms with Gasteiger partial charge in [0, 0.05) is 29.1 Å². The van der Waals surface area contributed by atoms with Crippen molar-refractivity contribution in [1.82, 2.24) is 9.78 Å². The number of benzene rings is 2. The van der Waals surface area contributed by atoms with E-state index in [2.05, 4.69) is 25.2 Å². The second-order valence-corrected chi connectivity index (χ2v) is 9.62. The molecule has 160 valence electrons. The lowest BCUT2D eigenvalue weighted by atomic mass is 10.0. The molecule has 1 aromatic heterocycles. The Morgan fingerprint density at radius 2 is 2.10 bits per heavy atom. The Labute approximate surface area is 185 Å². The number of carbonyl (C=O) groups excluding carboxylic acids is 1. The van der Waals surface area contributed by atoms with Crippen LogP contribution in [0.25, 0.3) is 5.69 Å². The van der Waals surface area contributed by atoms with Gasteiger partial charge in [-0.05, 0) is 44.5 Å². The smallest absolute Gasteiger partial charge is 0.263 e. The zero-order valence-electron chi connectivity index (χ0n) is 17.9. The number of aryl methyl sites for hydroxylation is 1. The van der Waals surface area contributed by atoms with Gasteiger partial charge in [0.15, 0.2) is 18.1 Å². The molecule has 2 aromatic carbocycles. The number of nitrogens with one attached hydrogen (secondary N) is 1. The van der Waals surface area contributed by atoms with E-state index in [1.807, 2.05) is 48.0 Å². The maximum atomic E-state index is 12.8. The largest absolute Gasteiger partial charge is 0.483 e. The molecule has 7 heteroatoms. The summed E-state index contributed by atoms with van der Waals surface area (Å²) in [5.41, 5.74) is 5.04. The summed E-state index contributed by atoms with van der Waals surface area (Å²) in [4.78, 5) is 12.8. The van der Waals surface area contributed by atoms with Gasteiger partial charge in [-0.3, -0.25) is 4.79 Å². The van der Waals surface area contributed by atoms with E-state index in [4.69, 9.17) is 14.6 Å². The number of fused-ring (bicyclic) bond motifs is 2. The number of rotatable bonds is 5. The molecule has 0 bridgehead atoms. The number of para-hydroxylation sites is 1. The average Bonchev–Trinajstić information content (AvgIpc) is 3.39. The van der Waals surface area contributed by atoms with Gasteiger partial charge in [-0.1, -0.05) is 24.3 Å². The molecule has 0 unspecified atom stereocenters. The van der Waals surface area contributed by atoms with E-state index < -0.39 is 0 Å². The number of thioether (sulfide) groups is 1. The van der Waals surface area contributed by atoms with Crippen molar-refractivity contribution in [3.8, 4) is 17.2 Å². The van der Waals surface area contributed by atoms with E-state index in [-0.39, 0.29) is 18.1 Å². The van der Waals surface area contributed by atoms with E-state index >= 15 is 0 Å². The maximum Gasteiger partial charge on any atom is 0.263 e. The minimum Gasteiger partial charge on any atom is -0.483 e. The molecule has 3 aromatic rings. The Morgan fingerprint density at radius 3 is 2.94 bits per heavy atom. The number of ether oxygens (including phenoxy) is 2. The molecular weight excluding hydrogens is 410 g/mol. The summed E-state index contributed by atoms with van der Waals surface area (Å²) >= 11 is 1.81. The molecule has 0 radical (unpaired) electrons. The first-order valence-corrected chi connectivity index (χ1v) is 11.5. The molecule has 5 rings (SSSR count). The second kappa shape index (κ2) is 7.64. The summed E-state index contributed by atoms with van der Waals surface area (Å²) in [6.45, 7) is 6.05. The van der Waals surface area contributed by atoms with Crippen LogP contribution >= 0.6 is 11.8 Å². The zero-order chi connectivity index (χ0) is 21.6. The van der Waals surface area contributed by atoms with Crippen molar-refractivity contribution in [1.29, 1.82) is 0 Å². The van der Waals surface area contributed by atoms with Gasteiger partial charge in [0.2, 0.25) is 0 Å². The monoisotopic (exact) mass is 435 g/mol. The van der Waals surface area contributed by atoms with Gasteiger partial charge in [0.1, 0.15) is 11.4 Å². The van der Waals surface area contributed by atoms with Gasteiger partial charge in [-0.2, -0.15) is 16.9 Å². The summed E-state index contributed by atoms with van der Waals surface area (Å²) in [6.07, 6.45) is 0.825. The molecule has 0 atom stereocenters. The summed E-state index contributed by atoms with van der Waals surface area (Å²) in [7, 11) is 0. The molecule has 0 aliphatic carbocycles. The third-order valence-corrected chi connectivity index (χ3v) is 6.44. The summed E-state index contributed by atoms with van der Waals surface area (Å²) in [5, 5.41) is 7.80. The van der Waals surface area contributed by atoms with Gasteiger partial charge < -0.3 is 14.8 Å². The van der Waals surface area contributed by atoms with Crippen LogP contribution in [0.4, 0.5) is 5.82 Å². The first-order chi connectivity index (χ1) is 14.9. The van der Waals surface area contributed by atoms with Gasteiger partial charge in [0.25, 0.3) is 5.91 Å². The van der Waals surface area contributed by atoms with Crippen molar-refractivity contribution in [2.24, 2.45) is 0 Å². The molecule has 1 N–H and O–H groups in total. The number of nitrogens with zero attached hydrogens (tertiary/aromatic N) is 2. The predicted octanol–water partition coefficient (Wildman–Crippen LogP) is 4.66. The molecule has 1 amide bonds. The highest BCUT2D eigenvalue weighted by Crippen LogP contribution is 2.42. The molecule has 0 saturated heterocycles. The third-order valence-electron chi connectivity index (χ3n) is 5.47. The topological polar surface area (TPSA) is 65.4 Å². The lowest BCUT2D eigenvalue weighted by molar-refractivity contribution is -0.118. The standard InChI is InChI=1S/C24H25N3O3S/c1-15-6-4-8-17(10-15)27-23(18-13-31-14-19(18)26-27)25-21(28)12-29-20-9-5-7-16-11-24(2,3)30-22(16)20/h4-10H,11-14H2,1-3H3,(H,25,28). The number of hydrogen-bond acceptors (Lipinski definition) is 5. The normalized spacial score (nSPS) is 15.8. The van der Waals surface area contributed by atoms with E-state index in [1.54, 1.807) is 11.8 Å². The van der Waals surface area contributed by atoms with Gasteiger partial charge in [-0.25, -0.2) is 4.68 Å². The van der Waals surface area contributed by atoms with Gasteiger partial charge in [-0.15, -0.1) is 0 Å². The number of aromatic nitrogens is 2. The van der Waals surface area contributed by atoms with E-state index in [1.165, 1.54) is 0 Å². The molecular formula is C24H25N3O3S. The van der Waals surface area contributed by atoms with Crippen molar-refractivity contribution in [2.45, 2.75) is 44.3 Å². The number of amides is 1. The lowest BCUT2D eigenvalue weighted by Crippen LogP contribution is -2.25. The van der Waals surface area contributed by atoms with Crippen LogP contribution in [0.3, 0.4) is 0 Å². The number of carbonyl (C=O) groups is 1. The highest BCUT2D eigenvalue weighted by Gasteiger charge is 2.32. The van der Waals surface area contributed by atoms with Crippen molar-refractivity contribution >= 4 is 23.5 Å². The van der Waals surface area contributed by atoms with Gasteiger partial charge >= 0.3 is 0 Å². The Bertz CT molecular complexity index is 1170. The molecule has 6 nitrogen and oxygen atoms in total. The number of hydrogen-bond donors (Lipinski definition) is 1. The second-order valence-electron chi connectivity index (χ2n) is 8.64. The van der Waals surface area contributed by atoms with Crippen molar-refractivity contribution in [3.05, 3.63) is 64.8 Å². The number of anilines is 1. The molecule has 0 fully saturated rings. The fourth-order valence-electron chi connectivity index (χ4n) is 4.10.